The summed E-state index contributed by atoms with van der Waals surface area (Å²) < 4.78 is 0. The van der Waals surface area contributed by atoms with Gasteiger partial charge in [0.1, 0.15) is 0 Å². The molecule has 0 amide bonds. The van der Waals surface area contributed by atoms with Crippen LogP contribution in [0.5, 0.6) is 0 Å². The Kier molecular flexibility index (Phi) is 2.63. The summed E-state index contributed by atoms with van der Waals surface area (Å²) >= 11 is 0. The summed E-state index contributed by atoms with van der Waals surface area (Å²) in [4.78, 5) is 0. The molecule has 0 aliphatic heterocycles. The van der Waals surface area contributed by atoms with Crippen LogP contribution in [-0.4, -0.2) is 12.1 Å². The zero-order valence-corrected chi connectivity index (χ0v) is 10.1. The van der Waals surface area contributed by atoms with Crippen molar-refractivity contribution >= 4 is 0 Å². The summed E-state index contributed by atoms with van der Waals surface area (Å²) in [5.74, 6) is 1.89. The van der Waals surface area contributed by atoms with Crippen LogP contribution in [-0.2, 0) is 0 Å². The Morgan fingerprint density at radius 3 is 2.21 bits per heavy atom. The maximum atomic E-state index is 3.83. The third-order valence-corrected chi connectivity index (χ3v) is 4.57. The van der Waals surface area contributed by atoms with Crippen LogP contribution in [0.2, 0.25) is 0 Å². The molecule has 2 aliphatic rings. The highest BCUT2D eigenvalue weighted by atomic mass is 15.0. The van der Waals surface area contributed by atoms with Gasteiger partial charge in [-0.25, -0.2) is 0 Å². The lowest BCUT2D eigenvalue weighted by molar-refractivity contribution is 0.0614. The molecule has 0 bridgehead atoms. The van der Waals surface area contributed by atoms with Gasteiger partial charge in [-0.1, -0.05) is 27.7 Å². The Morgan fingerprint density at radius 2 is 1.86 bits per heavy atom. The molecule has 2 fully saturated rings. The normalized spacial score (nSPS) is 40.5. The highest BCUT2D eigenvalue weighted by Gasteiger charge is 2.41. The number of nitrogens with one attached hydrogen (secondary N) is 1. The molecule has 1 heteroatoms. The Labute approximate surface area is 88.7 Å². The van der Waals surface area contributed by atoms with Crippen molar-refractivity contribution in [1.29, 1.82) is 0 Å². The van der Waals surface area contributed by atoms with E-state index in [1.165, 1.54) is 25.7 Å². The van der Waals surface area contributed by atoms with Crippen molar-refractivity contribution in [2.45, 2.75) is 65.5 Å². The van der Waals surface area contributed by atoms with Gasteiger partial charge in [-0.15, -0.1) is 0 Å². The van der Waals surface area contributed by atoms with Crippen molar-refractivity contribution in [3.8, 4) is 0 Å². The molecule has 0 aromatic heterocycles. The van der Waals surface area contributed by atoms with E-state index >= 15 is 0 Å². The average Bonchev–Trinajstić information content (AvgIpc) is 1.99. The van der Waals surface area contributed by atoms with E-state index in [0.717, 1.165) is 23.9 Å². The van der Waals surface area contributed by atoms with Gasteiger partial charge < -0.3 is 5.32 Å². The highest BCUT2D eigenvalue weighted by molar-refractivity contribution is 4.98. The summed E-state index contributed by atoms with van der Waals surface area (Å²) in [7, 11) is 0. The molecule has 1 N–H and O–H groups in total. The van der Waals surface area contributed by atoms with Crippen molar-refractivity contribution in [2.75, 3.05) is 0 Å². The summed E-state index contributed by atoms with van der Waals surface area (Å²) in [5.41, 5.74) is 0.572. The van der Waals surface area contributed by atoms with Crippen LogP contribution in [0, 0.1) is 17.3 Å². The van der Waals surface area contributed by atoms with Crippen LogP contribution < -0.4 is 5.32 Å². The molecule has 0 aromatic carbocycles. The third kappa shape index (κ3) is 1.84. The molecule has 2 saturated carbocycles. The molecule has 2 rings (SSSR count). The quantitative estimate of drug-likeness (QED) is 0.729. The fourth-order valence-corrected chi connectivity index (χ4v) is 2.80. The van der Waals surface area contributed by atoms with E-state index in [1.807, 2.05) is 0 Å². The second-order valence-corrected chi connectivity index (χ2v) is 6.42. The van der Waals surface area contributed by atoms with Gasteiger partial charge in [0.05, 0.1) is 0 Å². The van der Waals surface area contributed by atoms with E-state index in [1.54, 1.807) is 0 Å². The lowest BCUT2D eigenvalue weighted by Crippen LogP contribution is -2.56. The zero-order chi connectivity index (χ0) is 10.3. The van der Waals surface area contributed by atoms with E-state index in [4.69, 9.17) is 0 Å². The zero-order valence-electron chi connectivity index (χ0n) is 10.1. The van der Waals surface area contributed by atoms with Gasteiger partial charge in [0.25, 0.3) is 0 Å². The first-order valence-corrected chi connectivity index (χ1v) is 6.25. The van der Waals surface area contributed by atoms with Crippen LogP contribution in [0.1, 0.15) is 53.4 Å². The van der Waals surface area contributed by atoms with Crippen LogP contribution in [0.25, 0.3) is 0 Å². The Bertz CT molecular complexity index is 201. The summed E-state index contributed by atoms with van der Waals surface area (Å²) in [6.07, 6.45) is 5.65. The van der Waals surface area contributed by atoms with Gasteiger partial charge in [0, 0.05) is 12.1 Å². The van der Waals surface area contributed by atoms with Gasteiger partial charge in [-0.3, -0.25) is 0 Å². The Morgan fingerprint density at radius 1 is 1.21 bits per heavy atom. The molecule has 2 aliphatic carbocycles. The SMILES string of the molecule is CC(C)C1CC(NC2CCC2(C)C)C1. The van der Waals surface area contributed by atoms with Gasteiger partial charge in [-0.2, -0.15) is 0 Å². The van der Waals surface area contributed by atoms with Crippen molar-refractivity contribution in [2.24, 2.45) is 17.3 Å². The minimum Gasteiger partial charge on any atom is -0.311 e. The fourth-order valence-electron chi connectivity index (χ4n) is 2.80. The molecule has 0 aromatic rings. The monoisotopic (exact) mass is 195 g/mol. The third-order valence-electron chi connectivity index (χ3n) is 4.57. The molecular weight excluding hydrogens is 170 g/mol. The van der Waals surface area contributed by atoms with Crippen LogP contribution in [0.15, 0.2) is 0 Å². The Balaban J connectivity index is 1.70. The van der Waals surface area contributed by atoms with Crippen molar-refractivity contribution in [3.63, 3.8) is 0 Å². The molecule has 0 saturated heterocycles. The van der Waals surface area contributed by atoms with E-state index < -0.39 is 0 Å². The molecule has 14 heavy (non-hydrogen) atoms. The second kappa shape index (κ2) is 3.52. The highest BCUT2D eigenvalue weighted by Crippen LogP contribution is 2.42. The Hall–Kier alpha value is -0.0400. The van der Waals surface area contributed by atoms with Crippen molar-refractivity contribution in [3.05, 3.63) is 0 Å². The van der Waals surface area contributed by atoms with E-state index in [9.17, 15) is 0 Å². The van der Waals surface area contributed by atoms with E-state index in [-0.39, 0.29) is 0 Å². The van der Waals surface area contributed by atoms with Gasteiger partial charge >= 0.3 is 0 Å². The maximum absolute atomic E-state index is 3.83. The smallest absolute Gasteiger partial charge is 0.0121 e. The number of hydrogen-bond acceptors (Lipinski definition) is 1. The minimum atomic E-state index is 0.572. The number of rotatable bonds is 3. The lowest BCUT2D eigenvalue weighted by atomic mass is 9.65. The second-order valence-electron chi connectivity index (χ2n) is 6.42. The molecular formula is C13H25N. The maximum Gasteiger partial charge on any atom is 0.0121 e. The van der Waals surface area contributed by atoms with Gasteiger partial charge in [0.2, 0.25) is 0 Å². The van der Waals surface area contributed by atoms with Crippen LogP contribution in [0.3, 0.4) is 0 Å². The lowest BCUT2D eigenvalue weighted by Gasteiger charge is -2.50. The molecule has 1 atom stereocenters. The number of hydrogen-bond donors (Lipinski definition) is 1. The molecule has 0 spiro atoms. The summed E-state index contributed by atoms with van der Waals surface area (Å²) in [6, 6.07) is 1.65. The molecule has 1 nitrogen and oxygen atoms in total. The van der Waals surface area contributed by atoms with Gasteiger partial charge in [0.15, 0.2) is 0 Å². The molecule has 1 unspecified atom stereocenters. The molecule has 82 valence electrons. The first kappa shape index (κ1) is 10.5. The average molecular weight is 195 g/mol. The molecule has 0 heterocycles. The largest absolute Gasteiger partial charge is 0.311 e. The minimum absolute atomic E-state index is 0.572. The van der Waals surface area contributed by atoms with Crippen LogP contribution >= 0.6 is 0 Å². The summed E-state index contributed by atoms with van der Waals surface area (Å²) in [6.45, 7) is 9.50. The molecule has 0 radical (unpaired) electrons. The standard InChI is InChI=1S/C13H25N/c1-9(2)10-7-11(8-10)14-12-5-6-13(12,3)4/h9-12,14H,5-8H2,1-4H3. The van der Waals surface area contributed by atoms with Crippen molar-refractivity contribution in [1.82, 2.24) is 5.32 Å². The fraction of sp³-hybridized carbons (Fsp3) is 1.00. The first-order valence-electron chi connectivity index (χ1n) is 6.25. The van der Waals surface area contributed by atoms with Crippen LogP contribution in [0.4, 0.5) is 0 Å². The first-order chi connectivity index (χ1) is 6.49. The van der Waals surface area contributed by atoms with E-state index in [2.05, 4.69) is 33.0 Å². The van der Waals surface area contributed by atoms with Gasteiger partial charge in [-0.05, 0) is 42.9 Å². The topological polar surface area (TPSA) is 12.0 Å². The summed E-state index contributed by atoms with van der Waals surface area (Å²) in [5, 5.41) is 3.83. The predicted molar refractivity (Wildman–Crippen MR) is 61.3 cm³/mol. The predicted octanol–water partition coefficient (Wildman–Crippen LogP) is 3.20. The van der Waals surface area contributed by atoms with Crippen molar-refractivity contribution < 1.29 is 0 Å². The van der Waals surface area contributed by atoms with E-state index in [0.29, 0.717) is 5.41 Å².